The fourth-order valence-corrected chi connectivity index (χ4v) is 4.45. The molecule has 3 rings (SSSR count). The summed E-state index contributed by atoms with van der Waals surface area (Å²) in [6.07, 6.45) is 0. The standard InChI is InChI=1S/C17H16N2O3Se/c20-14(11-22-12-7-3-1-4-8-12)18-15-16(21)19-17(15)23-13-9-5-2-6-10-13/h1-10,15,17H,11H2,(H,18,20)(H,19,21). The number of nitrogens with one attached hydrogen (secondary N) is 2. The molecule has 2 atom stereocenters. The van der Waals surface area contributed by atoms with Crippen molar-refractivity contribution in [3.63, 3.8) is 0 Å². The Morgan fingerprint density at radius 3 is 2.39 bits per heavy atom. The van der Waals surface area contributed by atoms with E-state index in [1.807, 2.05) is 48.5 Å². The van der Waals surface area contributed by atoms with Crippen LogP contribution in [-0.4, -0.2) is 44.4 Å². The summed E-state index contributed by atoms with van der Waals surface area (Å²) in [5.74, 6) is 0.203. The molecule has 1 aliphatic heterocycles. The SMILES string of the molecule is O=C(COc1ccccc1)NC1C(=O)NC1[Se]c1ccccc1. The van der Waals surface area contributed by atoms with Gasteiger partial charge in [-0.05, 0) is 0 Å². The Morgan fingerprint density at radius 2 is 1.74 bits per heavy atom. The second-order valence-corrected chi connectivity index (χ2v) is 7.56. The van der Waals surface area contributed by atoms with Gasteiger partial charge in [-0.25, -0.2) is 0 Å². The third-order valence-corrected chi connectivity index (χ3v) is 5.80. The second kappa shape index (κ2) is 7.31. The fourth-order valence-electron chi connectivity index (χ4n) is 2.12. The van der Waals surface area contributed by atoms with Crippen LogP contribution < -0.4 is 19.8 Å². The van der Waals surface area contributed by atoms with Crippen LogP contribution in [0.25, 0.3) is 0 Å². The minimum absolute atomic E-state index is 0.0157. The summed E-state index contributed by atoms with van der Waals surface area (Å²) in [6, 6.07) is 18.6. The molecule has 23 heavy (non-hydrogen) atoms. The molecule has 5 nitrogen and oxygen atoms in total. The summed E-state index contributed by atoms with van der Waals surface area (Å²) >= 11 is 0.0768. The molecule has 2 amide bonds. The van der Waals surface area contributed by atoms with Gasteiger partial charge in [0.25, 0.3) is 0 Å². The first-order valence-corrected chi connectivity index (χ1v) is 9.06. The van der Waals surface area contributed by atoms with Crippen molar-refractivity contribution in [1.82, 2.24) is 10.6 Å². The molecule has 1 heterocycles. The van der Waals surface area contributed by atoms with Crippen LogP contribution in [0.15, 0.2) is 60.7 Å². The zero-order valence-electron chi connectivity index (χ0n) is 12.3. The molecule has 0 bridgehead atoms. The monoisotopic (exact) mass is 376 g/mol. The number of para-hydroxylation sites is 1. The number of carbonyl (C=O) groups is 2. The van der Waals surface area contributed by atoms with Crippen LogP contribution in [0.5, 0.6) is 5.75 Å². The number of rotatable bonds is 6. The Bertz CT molecular complexity index is 679. The van der Waals surface area contributed by atoms with Gasteiger partial charge in [0.15, 0.2) is 0 Å². The van der Waals surface area contributed by atoms with Crippen molar-refractivity contribution in [2.24, 2.45) is 0 Å². The average Bonchev–Trinajstić information content (AvgIpc) is 2.59. The van der Waals surface area contributed by atoms with Gasteiger partial charge in [-0.15, -0.1) is 0 Å². The zero-order valence-corrected chi connectivity index (χ0v) is 14.0. The van der Waals surface area contributed by atoms with E-state index in [2.05, 4.69) is 10.6 Å². The molecule has 2 unspecified atom stereocenters. The summed E-state index contributed by atoms with van der Waals surface area (Å²) in [7, 11) is 0. The van der Waals surface area contributed by atoms with Crippen LogP contribution in [0.4, 0.5) is 0 Å². The topological polar surface area (TPSA) is 67.4 Å². The Labute approximate surface area is 140 Å². The molecule has 2 aromatic rings. The molecule has 1 aliphatic rings. The van der Waals surface area contributed by atoms with E-state index >= 15 is 0 Å². The molecular formula is C17H16N2O3Se. The van der Waals surface area contributed by atoms with Crippen molar-refractivity contribution in [2.75, 3.05) is 6.61 Å². The predicted octanol–water partition coefficient (Wildman–Crippen LogP) is 0.0358. The van der Waals surface area contributed by atoms with Gasteiger partial charge in [-0.1, -0.05) is 0 Å². The van der Waals surface area contributed by atoms with Gasteiger partial charge in [0, 0.05) is 0 Å². The molecule has 2 N–H and O–H groups in total. The molecule has 0 saturated carbocycles. The zero-order chi connectivity index (χ0) is 16.1. The van der Waals surface area contributed by atoms with Crippen LogP contribution in [0, 0.1) is 0 Å². The van der Waals surface area contributed by atoms with Gasteiger partial charge in [-0.3, -0.25) is 0 Å². The van der Waals surface area contributed by atoms with Gasteiger partial charge >= 0.3 is 140 Å². The number of benzene rings is 2. The third kappa shape index (κ3) is 4.12. The number of amides is 2. The van der Waals surface area contributed by atoms with E-state index in [0.717, 1.165) is 0 Å². The molecule has 0 spiro atoms. The normalized spacial score (nSPS) is 19.4. The summed E-state index contributed by atoms with van der Waals surface area (Å²) in [6.45, 7) is -0.0984. The first kappa shape index (κ1) is 15.6. The average molecular weight is 375 g/mol. The quantitative estimate of drug-likeness (QED) is 0.553. The number of hydrogen-bond acceptors (Lipinski definition) is 3. The van der Waals surface area contributed by atoms with Crippen molar-refractivity contribution >= 4 is 31.2 Å². The van der Waals surface area contributed by atoms with Crippen molar-refractivity contribution in [3.05, 3.63) is 60.7 Å². The van der Waals surface area contributed by atoms with Crippen LogP contribution in [0.3, 0.4) is 0 Å². The van der Waals surface area contributed by atoms with Crippen LogP contribution in [0.1, 0.15) is 0 Å². The number of ether oxygens (including phenoxy) is 1. The fraction of sp³-hybridized carbons (Fsp3) is 0.176. The Hall–Kier alpha value is -2.30. The Morgan fingerprint density at radius 1 is 1.09 bits per heavy atom. The van der Waals surface area contributed by atoms with E-state index in [-0.39, 0.29) is 38.3 Å². The van der Waals surface area contributed by atoms with Gasteiger partial charge < -0.3 is 0 Å². The van der Waals surface area contributed by atoms with Gasteiger partial charge in [0.2, 0.25) is 0 Å². The minimum atomic E-state index is -0.470. The first-order chi connectivity index (χ1) is 11.2. The maximum atomic E-state index is 12.0. The van der Waals surface area contributed by atoms with E-state index in [4.69, 9.17) is 4.74 Å². The first-order valence-electron chi connectivity index (χ1n) is 7.22. The van der Waals surface area contributed by atoms with E-state index in [0.29, 0.717) is 5.75 Å². The van der Waals surface area contributed by atoms with Crippen molar-refractivity contribution in [3.8, 4) is 5.75 Å². The third-order valence-electron chi connectivity index (χ3n) is 3.31. The summed E-state index contributed by atoms with van der Waals surface area (Å²) in [5.41, 5.74) is 0. The predicted molar refractivity (Wildman–Crippen MR) is 87.6 cm³/mol. The molecule has 0 radical (unpaired) electrons. The Balaban J connectivity index is 1.49. The van der Waals surface area contributed by atoms with Crippen molar-refractivity contribution in [1.29, 1.82) is 0 Å². The molecule has 2 aromatic carbocycles. The molecule has 1 fully saturated rings. The number of β-lactam (4-membered cyclic amide) rings is 1. The number of carbonyl (C=O) groups excluding carboxylic acids is 2. The van der Waals surface area contributed by atoms with Gasteiger partial charge in [0.1, 0.15) is 0 Å². The van der Waals surface area contributed by atoms with Crippen LogP contribution in [0.2, 0.25) is 0 Å². The Kier molecular flexibility index (Phi) is 4.95. The van der Waals surface area contributed by atoms with E-state index < -0.39 is 6.04 Å². The van der Waals surface area contributed by atoms with Gasteiger partial charge in [-0.2, -0.15) is 0 Å². The van der Waals surface area contributed by atoms with Gasteiger partial charge in [0.05, 0.1) is 0 Å². The van der Waals surface area contributed by atoms with E-state index in [9.17, 15) is 9.59 Å². The van der Waals surface area contributed by atoms with E-state index in [1.165, 1.54) is 4.46 Å². The maximum absolute atomic E-state index is 12.0. The number of hydrogen-bond donors (Lipinski definition) is 2. The molecule has 0 aromatic heterocycles. The molecule has 6 heteroatoms. The van der Waals surface area contributed by atoms with Crippen LogP contribution >= 0.6 is 0 Å². The summed E-state index contributed by atoms with van der Waals surface area (Å²) in [4.78, 5) is 23.6. The molecule has 1 saturated heterocycles. The van der Waals surface area contributed by atoms with Crippen molar-refractivity contribution < 1.29 is 14.3 Å². The molecule has 0 aliphatic carbocycles. The van der Waals surface area contributed by atoms with E-state index in [1.54, 1.807) is 12.1 Å². The molecule has 118 valence electrons. The van der Waals surface area contributed by atoms with Crippen LogP contribution in [-0.2, 0) is 9.59 Å². The molecular weight excluding hydrogens is 359 g/mol. The second-order valence-electron chi connectivity index (χ2n) is 5.01. The van der Waals surface area contributed by atoms with Crippen molar-refractivity contribution in [2.45, 2.75) is 11.0 Å². The summed E-state index contributed by atoms with van der Waals surface area (Å²) < 4.78 is 6.57. The summed E-state index contributed by atoms with van der Waals surface area (Å²) in [5, 5.41) is 5.60.